The van der Waals surface area contributed by atoms with E-state index in [1.165, 1.54) is 6.20 Å². The van der Waals surface area contributed by atoms with Gasteiger partial charge in [0.25, 0.3) is 0 Å². The van der Waals surface area contributed by atoms with Crippen LogP contribution in [0.5, 0.6) is 0 Å². The number of hydrogen-bond donors (Lipinski definition) is 3. The van der Waals surface area contributed by atoms with Crippen molar-refractivity contribution in [2.24, 2.45) is 5.92 Å². The van der Waals surface area contributed by atoms with Crippen LogP contribution in [0, 0.1) is 17.2 Å². The molecule has 0 saturated carbocycles. The predicted octanol–water partition coefficient (Wildman–Crippen LogP) is -0.220. The van der Waals surface area contributed by atoms with Crippen molar-refractivity contribution in [2.45, 2.75) is 18.6 Å². The fourth-order valence-corrected chi connectivity index (χ4v) is 3.75. The maximum absolute atomic E-state index is 13.1. The van der Waals surface area contributed by atoms with Gasteiger partial charge in [-0.1, -0.05) is 0 Å². The van der Waals surface area contributed by atoms with Crippen LogP contribution < -0.4 is 21.1 Å². The summed E-state index contributed by atoms with van der Waals surface area (Å²) in [5, 5.41) is 11.5. The molecule has 2 atom stereocenters. The molecule has 33 heavy (non-hydrogen) atoms. The maximum atomic E-state index is 13.1. The topological polar surface area (TPSA) is 123 Å². The molecule has 2 aliphatic rings. The average molecular weight is 469 g/mol. The molecule has 2 aliphatic heterocycles. The molecule has 0 spiro atoms. The van der Waals surface area contributed by atoms with Gasteiger partial charge in [0, 0.05) is 51.5 Å². The minimum atomic E-state index is -4.64. The van der Waals surface area contributed by atoms with Crippen molar-refractivity contribution in [1.82, 2.24) is 26.1 Å². The second kappa shape index (κ2) is 11.3. The molecule has 10 nitrogen and oxygen atoms in total. The number of pyridine rings is 1. The van der Waals surface area contributed by atoms with E-state index in [-0.39, 0.29) is 38.6 Å². The zero-order valence-corrected chi connectivity index (χ0v) is 17.9. The predicted molar refractivity (Wildman–Crippen MR) is 111 cm³/mol. The first-order valence-electron chi connectivity index (χ1n) is 10.6. The third-order valence-electron chi connectivity index (χ3n) is 5.52. The molecule has 0 aromatic carbocycles. The number of carbonyl (C=O) groups excluding carboxylic acids is 2. The number of nitrogens with one attached hydrogen (secondary N) is 3. The first-order chi connectivity index (χ1) is 15.8. The molecule has 2 unspecified atom stereocenters. The average Bonchev–Trinajstić information content (AvgIpc) is 2.80. The summed E-state index contributed by atoms with van der Waals surface area (Å²) >= 11 is 0. The van der Waals surface area contributed by atoms with Crippen molar-refractivity contribution < 1.29 is 27.5 Å². The standard InChI is InChI=1S/C20H26F3N7O3/c21-20(22,23)18-15(13-27-28-19(18)32)25-4-10-33-9-3-17(31)30-7-5-29(6-8-30)16-2-1-14(11-24)12-26-16/h1-2,12,15,18,25,27H,3-10,13H2,(H,28,32). The lowest BCUT2D eigenvalue weighted by atomic mass is 9.96. The van der Waals surface area contributed by atoms with Crippen molar-refractivity contribution in [3.8, 4) is 6.07 Å². The van der Waals surface area contributed by atoms with Gasteiger partial charge in [0.1, 0.15) is 11.9 Å². The molecule has 180 valence electrons. The van der Waals surface area contributed by atoms with E-state index in [1.54, 1.807) is 17.0 Å². The number of hydrogen-bond acceptors (Lipinski definition) is 8. The number of anilines is 1. The number of rotatable bonds is 8. The van der Waals surface area contributed by atoms with Gasteiger partial charge < -0.3 is 19.9 Å². The lowest BCUT2D eigenvalue weighted by molar-refractivity contribution is -0.192. The van der Waals surface area contributed by atoms with Crippen molar-refractivity contribution in [1.29, 1.82) is 5.26 Å². The number of nitriles is 1. The van der Waals surface area contributed by atoms with E-state index in [2.05, 4.69) is 15.7 Å². The lowest BCUT2D eigenvalue weighted by Crippen LogP contribution is -2.63. The highest BCUT2D eigenvalue weighted by Gasteiger charge is 2.51. The van der Waals surface area contributed by atoms with Crippen molar-refractivity contribution >= 4 is 17.6 Å². The van der Waals surface area contributed by atoms with E-state index in [0.717, 1.165) is 5.82 Å². The van der Waals surface area contributed by atoms with Crippen molar-refractivity contribution in [3.05, 3.63) is 23.9 Å². The Morgan fingerprint density at radius 3 is 2.67 bits per heavy atom. The minimum absolute atomic E-state index is 0.0549. The fourth-order valence-electron chi connectivity index (χ4n) is 3.75. The van der Waals surface area contributed by atoms with E-state index in [9.17, 15) is 22.8 Å². The maximum Gasteiger partial charge on any atom is 0.402 e. The number of aromatic nitrogens is 1. The van der Waals surface area contributed by atoms with Gasteiger partial charge in [-0.3, -0.25) is 15.0 Å². The molecule has 3 rings (SSSR count). The third-order valence-corrected chi connectivity index (χ3v) is 5.52. The Kier molecular flexibility index (Phi) is 8.43. The van der Waals surface area contributed by atoms with Crippen LogP contribution in [0.1, 0.15) is 12.0 Å². The zero-order valence-electron chi connectivity index (χ0n) is 17.9. The molecule has 2 fully saturated rings. The SMILES string of the molecule is N#Cc1ccc(N2CCN(C(=O)CCOCCNC3CNNC(=O)C3C(F)(F)F)CC2)nc1. The van der Waals surface area contributed by atoms with E-state index >= 15 is 0 Å². The van der Waals surface area contributed by atoms with Crippen LogP contribution in [-0.4, -0.2) is 86.4 Å². The fraction of sp³-hybridized carbons (Fsp3) is 0.600. The molecule has 3 heterocycles. The summed E-state index contributed by atoms with van der Waals surface area (Å²) in [4.78, 5) is 31.9. The Bertz CT molecular complexity index is 852. The van der Waals surface area contributed by atoms with E-state index in [1.807, 2.05) is 16.4 Å². The van der Waals surface area contributed by atoms with Gasteiger partial charge in [0.2, 0.25) is 11.8 Å². The molecule has 13 heteroatoms. The van der Waals surface area contributed by atoms with Crippen LogP contribution in [0.3, 0.4) is 0 Å². The molecular formula is C20H26F3N7O3. The number of ether oxygens (including phenoxy) is 1. The Morgan fingerprint density at radius 1 is 1.27 bits per heavy atom. The van der Waals surface area contributed by atoms with Crippen LogP contribution >= 0.6 is 0 Å². The highest BCUT2D eigenvalue weighted by molar-refractivity contribution is 5.80. The molecule has 3 N–H and O–H groups in total. The number of alkyl halides is 3. The van der Waals surface area contributed by atoms with Crippen LogP contribution in [0.15, 0.2) is 18.3 Å². The van der Waals surface area contributed by atoms with Gasteiger partial charge in [-0.25, -0.2) is 10.4 Å². The normalized spacial score (nSPS) is 21.5. The molecular weight excluding hydrogens is 443 g/mol. The quantitative estimate of drug-likeness (QED) is 0.447. The van der Waals surface area contributed by atoms with E-state index < -0.39 is 24.0 Å². The Labute approximate surface area is 189 Å². The summed E-state index contributed by atoms with van der Waals surface area (Å²) in [5.41, 5.74) is 4.92. The van der Waals surface area contributed by atoms with Crippen molar-refractivity contribution in [3.63, 3.8) is 0 Å². The Morgan fingerprint density at radius 2 is 2.03 bits per heavy atom. The highest BCUT2D eigenvalue weighted by Crippen LogP contribution is 2.30. The van der Waals surface area contributed by atoms with Gasteiger partial charge >= 0.3 is 6.18 Å². The second-order valence-corrected chi connectivity index (χ2v) is 7.70. The van der Waals surface area contributed by atoms with Crippen LogP contribution in [0.4, 0.5) is 19.0 Å². The first kappa shape index (κ1) is 24.7. The molecule has 2 amide bonds. The molecule has 1 aromatic rings. The van der Waals surface area contributed by atoms with E-state index in [0.29, 0.717) is 31.7 Å². The summed E-state index contributed by atoms with van der Waals surface area (Å²) in [6.07, 6.45) is -2.95. The molecule has 1 aromatic heterocycles. The highest BCUT2D eigenvalue weighted by atomic mass is 19.4. The van der Waals surface area contributed by atoms with Gasteiger partial charge in [-0.15, -0.1) is 0 Å². The summed E-state index contributed by atoms with van der Waals surface area (Å²) in [7, 11) is 0. The summed E-state index contributed by atoms with van der Waals surface area (Å²) in [6.45, 7) is 2.67. The molecule has 2 saturated heterocycles. The number of carbonyl (C=O) groups is 2. The van der Waals surface area contributed by atoms with Crippen molar-refractivity contribution in [2.75, 3.05) is 57.4 Å². The Balaban J connectivity index is 1.31. The van der Waals surface area contributed by atoms with Crippen LogP contribution in [-0.2, 0) is 14.3 Å². The number of halogens is 3. The minimum Gasteiger partial charge on any atom is -0.380 e. The number of nitrogens with zero attached hydrogens (tertiary/aromatic N) is 4. The number of piperazine rings is 1. The smallest absolute Gasteiger partial charge is 0.380 e. The third kappa shape index (κ3) is 6.77. The summed E-state index contributed by atoms with van der Waals surface area (Å²) in [5.74, 6) is -2.54. The number of hydrazine groups is 1. The van der Waals surface area contributed by atoms with Gasteiger partial charge in [-0.2, -0.15) is 18.4 Å². The van der Waals surface area contributed by atoms with E-state index in [4.69, 9.17) is 10.00 Å². The van der Waals surface area contributed by atoms with Crippen LogP contribution in [0.25, 0.3) is 0 Å². The molecule has 0 radical (unpaired) electrons. The summed E-state index contributed by atoms with van der Waals surface area (Å²) in [6, 6.07) is 4.42. The van der Waals surface area contributed by atoms with Gasteiger partial charge in [0.15, 0.2) is 5.92 Å². The summed E-state index contributed by atoms with van der Waals surface area (Å²) < 4.78 is 44.6. The zero-order chi connectivity index (χ0) is 23.8. The lowest BCUT2D eigenvalue weighted by Gasteiger charge is -2.35. The first-order valence-corrected chi connectivity index (χ1v) is 10.6. The largest absolute Gasteiger partial charge is 0.402 e. The Hall–Kier alpha value is -2.95. The number of amides is 2. The van der Waals surface area contributed by atoms with Crippen LogP contribution in [0.2, 0.25) is 0 Å². The molecule has 0 aliphatic carbocycles. The monoisotopic (exact) mass is 469 g/mol. The van der Waals surface area contributed by atoms with Gasteiger partial charge in [-0.05, 0) is 12.1 Å². The molecule has 0 bridgehead atoms. The second-order valence-electron chi connectivity index (χ2n) is 7.70. The van der Waals surface area contributed by atoms with Gasteiger partial charge in [0.05, 0.1) is 25.2 Å².